The molecular formula is C26H34F3N5O3. The molecule has 37 heavy (non-hydrogen) atoms. The summed E-state index contributed by atoms with van der Waals surface area (Å²) < 4.78 is 41.5. The van der Waals surface area contributed by atoms with Gasteiger partial charge in [-0.2, -0.15) is 18.3 Å². The van der Waals surface area contributed by atoms with Crippen molar-refractivity contribution in [1.82, 2.24) is 25.3 Å². The number of aromatic nitrogens is 2. The molecule has 0 radical (unpaired) electrons. The Morgan fingerprint density at radius 3 is 2.30 bits per heavy atom. The third-order valence-electron chi connectivity index (χ3n) is 6.23. The fourth-order valence-electron chi connectivity index (χ4n) is 4.38. The number of benzene rings is 1. The van der Waals surface area contributed by atoms with Gasteiger partial charge in [0.05, 0.1) is 11.3 Å². The second kappa shape index (κ2) is 11.4. The van der Waals surface area contributed by atoms with E-state index in [0.29, 0.717) is 31.6 Å². The summed E-state index contributed by atoms with van der Waals surface area (Å²) in [6, 6.07) is 8.19. The van der Waals surface area contributed by atoms with Crippen molar-refractivity contribution < 1.29 is 27.6 Å². The van der Waals surface area contributed by atoms with E-state index in [9.17, 15) is 27.6 Å². The number of hydrogen-bond donors (Lipinski definition) is 2. The van der Waals surface area contributed by atoms with Crippen LogP contribution in [0.1, 0.15) is 56.6 Å². The molecule has 1 aromatic heterocycles. The molecule has 11 heteroatoms. The maximum Gasteiger partial charge on any atom is 0.435 e. The smallest absolute Gasteiger partial charge is 0.354 e. The Bertz CT molecular complexity index is 1110. The molecular weight excluding hydrogens is 487 g/mol. The number of carbonyl (C=O) groups is 3. The van der Waals surface area contributed by atoms with Gasteiger partial charge < -0.3 is 15.5 Å². The minimum absolute atomic E-state index is 0.0366. The van der Waals surface area contributed by atoms with E-state index in [1.165, 1.54) is 0 Å². The molecule has 202 valence electrons. The highest BCUT2D eigenvalue weighted by molar-refractivity contribution is 5.95. The third-order valence-corrected chi connectivity index (χ3v) is 6.23. The summed E-state index contributed by atoms with van der Waals surface area (Å²) in [7, 11) is 0. The molecule has 8 nitrogen and oxygen atoms in total. The van der Waals surface area contributed by atoms with Gasteiger partial charge in [0.2, 0.25) is 11.8 Å². The lowest BCUT2D eigenvalue weighted by Gasteiger charge is -2.37. The van der Waals surface area contributed by atoms with Crippen LogP contribution in [-0.2, 0) is 15.8 Å². The molecule has 0 saturated carbocycles. The van der Waals surface area contributed by atoms with Gasteiger partial charge in [-0.05, 0) is 29.9 Å². The van der Waals surface area contributed by atoms with Crippen LogP contribution >= 0.6 is 0 Å². The van der Waals surface area contributed by atoms with Crippen LogP contribution < -0.4 is 10.6 Å². The van der Waals surface area contributed by atoms with E-state index >= 15 is 0 Å². The highest BCUT2D eigenvalue weighted by atomic mass is 19.4. The van der Waals surface area contributed by atoms with Gasteiger partial charge in [0.1, 0.15) is 0 Å². The fourth-order valence-corrected chi connectivity index (χ4v) is 4.38. The number of amides is 3. The maximum atomic E-state index is 13.5. The molecule has 0 aliphatic carbocycles. The summed E-state index contributed by atoms with van der Waals surface area (Å²) in [6.07, 6.45) is -2.79. The molecule has 0 bridgehead atoms. The zero-order valence-electron chi connectivity index (χ0n) is 21.6. The minimum atomic E-state index is -4.81. The van der Waals surface area contributed by atoms with E-state index in [1.807, 2.05) is 27.7 Å². The molecule has 3 amide bonds. The van der Waals surface area contributed by atoms with Crippen molar-refractivity contribution in [3.05, 3.63) is 47.8 Å². The van der Waals surface area contributed by atoms with E-state index in [-0.39, 0.29) is 42.2 Å². The molecule has 2 N–H and O–H groups in total. The van der Waals surface area contributed by atoms with Gasteiger partial charge in [0.25, 0.3) is 5.91 Å². The monoisotopic (exact) mass is 521 g/mol. The van der Waals surface area contributed by atoms with Gasteiger partial charge in [0.15, 0.2) is 5.69 Å². The van der Waals surface area contributed by atoms with E-state index in [0.717, 1.165) is 10.9 Å². The highest BCUT2D eigenvalue weighted by Gasteiger charge is 2.39. The van der Waals surface area contributed by atoms with Gasteiger partial charge >= 0.3 is 6.18 Å². The Labute approximate surface area is 214 Å². The summed E-state index contributed by atoms with van der Waals surface area (Å²) in [5, 5.41) is 8.75. The van der Waals surface area contributed by atoms with E-state index in [2.05, 4.69) is 15.7 Å². The molecule has 2 unspecified atom stereocenters. The molecule has 2 atom stereocenters. The van der Waals surface area contributed by atoms with Crippen molar-refractivity contribution in [2.45, 2.75) is 46.7 Å². The van der Waals surface area contributed by atoms with Gasteiger partial charge in [-0.25, -0.2) is 4.68 Å². The summed E-state index contributed by atoms with van der Waals surface area (Å²) in [6.45, 7) is 8.96. The molecule has 1 fully saturated rings. The van der Waals surface area contributed by atoms with Crippen LogP contribution in [-0.4, -0.2) is 58.6 Å². The number of carbonyl (C=O) groups excluding carboxylic acids is 3. The lowest BCUT2D eigenvalue weighted by atomic mass is 9.85. The number of halogens is 3. The van der Waals surface area contributed by atoms with Crippen LogP contribution in [0.15, 0.2) is 36.5 Å². The molecule has 0 spiro atoms. The summed E-state index contributed by atoms with van der Waals surface area (Å²) >= 11 is 0. The van der Waals surface area contributed by atoms with Crippen molar-refractivity contribution >= 4 is 17.7 Å². The number of nitrogens with one attached hydrogen (secondary N) is 2. The maximum absolute atomic E-state index is 13.5. The molecule has 2 aromatic rings. The zero-order valence-corrected chi connectivity index (χ0v) is 21.6. The lowest BCUT2D eigenvalue weighted by molar-refractivity contribution is -0.141. The summed E-state index contributed by atoms with van der Waals surface area (Å²) in [5.41, 5.74) is -1.59. The number of hydrogen-bond acceptors (Lipinski definition) is 4. The Balaban J connectivity index is 1.52. The Kier molecular flexibility index (Phi) is 8.65. The second-order valence-electron chi connectivity index (χ2n) is 10.7. The largest absolute Gasteiger partial charge is 0.435 e. The molecule has 1 aliphatic rings. The molecule has 1 aromatic carbocycles. The van der Waals surface area contributed by atoms with Gasteiger partial charge in [0, 0.05) is 44.7 Å². The van der Waals surface area contributed by atoms with E-state index in [4.69, 9.17) is 0 Å². The van der Waals surface area contributed by atoms with Crippen LogP contribution in [0.3, 0.4) is 0 Å². The number of piperidine rings is 1. The zero-order chi connectivity index (χ0) is 27.4. The summed E-state index contributed by atoms with van der Waals surface area (Å²) in [4.78, 5) is 39.5. The van der Waals surface area contributed by atoms with Crippen LogP contribution in [0.2, 0.25) is 0 Å². The molecule has 3 rings (SSSR count). The van der Waals surface area contributed by atoms with Gasteiger partial charge in [-0.3, -0.25) is 14.4 Å². The molecule has 1 aliphatic heterocycles. The molecule has 2 heterocycles. The standard InChI is InChI=1S/C26H34F3N5O3/c1-17-15-33(21(35)14-25(2,3)4)13-10-19(17)23(36)30-11-12-31-24(37)20-16-34(18-8-6-5-7-9-18)32-22(20)26(27,28)29/h5-9,16-17,19H,10-15H2,1-4H3,(H,30,36)(H,31,37). The predicted molar refractivity (Wildman–Crippen MR) is 132 cm³/mol. The van der Waals surface area contributed by atoms with Crippen molar-refractivity contribution in [3.8, 4) is 5.69 Å². The van der Waals surface area contributed by atoms with Crippen molar-refractivity contribution in [2.75, 3.05) is 26.2 Å². The first-order chi connectivity index (χ1) is 17.3. The minimum Gasteiger partial charge on any atom is -0.354 e. The van der Waals surface area contributed by atoms with Gasteiger partial charge in [-0.15, -0.1) is 0 Å². The van der Waals surface area contributed by atoms with Crippen LogP contribution in [0.5, 0.6) is 0 Å². The summed E-state index contributed by atoms with van der Waals surface area (Å²) in [5.74, 6) is -1.36. The predicted octanol–water partition coefficient (Wildman–Crippen LogP) is 3.66. The number of rotatable bonds is 7. The highest BCUT2D eigenvalue weighted by Crippen LogP contribution is 2.31. The average molecular weight is 522 g/mol. The Morgan fingerprint density at radius 2 is 1.70 bits per heavy atom. The first-order valence-corrected chi connectivity index (χ1v) is 12.3. The number of nitrogens with zero attached hydrogens (tertiary/aromatic N) is 3. The van der Waals surface area contributed by atoms with E-state index < -0.39 is 23.3 Å². The Hall–Kier alpha value is -3.37. The second-order valence-corrected chi connectivity index (χ2v) is 10.7. The van der Waals surface area contributed by atoms with Crippen molar-refractivity contribution in [3.63, 3.8) is 0 Å². The molecule has 1 saturated heterocycles. The number of para-hydroxylation sites is 1. The van der Waals surface area contributed by atoms with E-state index in [1.54, 1.807) is 35.2 Å². The average Bonchev–Trinajstić information content (AvgIpc) is 3.27. The van der Waals surface area contributed by atoms with Crippen molar-refractivity contribution in [2.24, 2.45) is 17.3 Å². The first-order valence-electron chi connectivity index (χ1n) is 12.3. The SMILES string of the molecule is CC1CN(C(=O)CC(C)(C)C)CCC1C(=O)NCCNC(=O)c1cn(-c2ccccc2)nc1C(F)(F)F. The fraction of sp³-hybridized carbons (Fsp3) is 0.538. The topological polar surface area (TPSA) is 96.3 Å². The van der Waals surface area contributed by atoms with Crippen molar-refractivity contribution in [1.29, 1.82) is 0 Å². The Morgan fingerprint density at radius 1 is 1.05 bits per heavy atom. The number of alkyl halides is 3. The van der Waals surface area contributed by atoms with Crippen LogP contribution in [0, 0.1) is 17.3 Å². The first kappa shape index (κ1) is 28.2. The van der Waals surface area contributed by atoms with Crippen LogP contribution in [0.25, 0.3) is 5.69 Å². The normalized spacial score (nSPS) is 18.4. The number of likely N-dealkylation sites (tertiary alicyclic amines) is 1. The van der Waals surface area contributed by atoms with Gasteiger partial charge in [-0.1, -0.05) is 45.9 Å². The lowest BCUT2D eigenvalue weighted by Crippen LogP contribution is -2.48. The third kappa shape index (κ3) is 7.56. The quantitative estimate of drug-likeness (QED) is 0.544. The van der Waals surface area contributed by atoms with Crippen LogP contribution in [0.4, 0.5) is 13.2 Å².